The number of carbonyl (C=O) groups is 1. The third kappa shape index (κ3) is 7.21. The molecule has 2 N–H and O–H groups in total. The summed E-state index contributed by atoms with van der Waals surface area (Å²) in [5, 5.41) is 21.5. The normalized spacial score (nSPS) is 19.0. The Balaban J connectivity index is 1.34. The number of carboxylic acid groups (broad SMARTS) is 1. The average molecular weight is 507 g/mol. The van der Waals surface area contributed by atoms with Crippen LogP contribution in [0.3, 0.4) is 0 Å². The van der Waals surface area contributed by atoms with Gasteiger partial charge in [0.2, 0.25) is 0 Å². The molecule has 0 bridgehead atoms. The zero-order chi connectivity index (χ0) is 26.2. The highest BCUT2D eigenvalue weighted by molar-refractivity contribution is 5.83. The van der Waals surface area contributed by atoms with Gasteiger partial charge in [0.1, 0.15) is 11.5 Å². The highest BCUT2D eigenvalue weighted by atomic mass is 16.5. The van der Waals surface area contributed by atoms with Gasteiger partial charge < -0.3 is 24.6 Å². The van der Waals surface area contributed by atoms with Gasteiger partial charge in [-0.2, -0.15) is 0 Å². The van der Waals surface area contributed by atoms with Gasteiger partial charge >= 0.3 is 5.97 Å². The van der Waals surface area contributed by atoms with Crippen molar-refractivity contribution in [2.45, 2.75) is 44.6 Å². The predicted octanol–water partition coefficient (Wildman–Crippen LogP) is 5.11. The Morgan fingerprint density at radius 1 is 1.11 bits per heavy atom. The molecular weight excluding hydrogens is 468 g/mol. The number of aryl methyl sites for hydroxylation is 1. The molecule has 1 aliphatic heterocycles. The third-order valence-corrected chi connectivity index (χ3v) is 7.64. The molecule has 3 aromatic rings. The molecule has 0 amide bonds. The van der Waals surface area contributed by atoms with Gasteiger partial charge in [0.05, 0.1) is 25.8 Å². The van der Waals surface area contributed by atoms with E-state index in [-0.39, 0.29) is 18.3 Å². The number of rotatable bonds is 12. The number of piperidine rings is 1. The van der Waals surface area contributed by atoms with Crippen molar-refractivity contribution < 1.29 is 24.5 Å². The number of likely N-dealkylation sites (tertiary alicyclic amines) is 1. The molecule has 2 aromatic carbocycles. The second-order valence-electron chi connectivity index (χ2n) is 10.0. The molecule has 1 fully saturated rings. The number of aliphatic hydroxyl groups excluding tert-OH is 1. The second-order valence-corrected chi connectivity index (χ2v) is 10.0. The summed E-state index contributed by atoms with van der Waals surface area (Å²) in [4.78, 5) is 18.5. The lowest BCUT2D eigenvalue weighted by atomic mass is 9.79. The highest BCUT2D eigenvalue weighted by Gasteiger charge is 2.31. The van der Waals surface area contributed by atoms with Crippen molar-refractivity contribution in [3.05, 3.63) is 65.9 Å². The summed E-state index contributed by atoms with van der Waals surface area (Å²) in [7, 11) is 3.31. The first-order valence-corrected chi connectivity index (χ1v) is 13.1. The van der Waals surface area contributed by atoms with E-state index >= 15 is 0 Å². The summed E-state index contributed by atoms with van der Waals surface area (Å²) in [6.45, 7) is 2.71. The van der Waals surface area contributed by atoms with Crippen LogP contribution in [0.4, 0.5) is 0 Å². The maximum atomic E-state index is 11.6. The molecular formula is C30H38N2O5. The van der Waals surface area contributed by atoms with Gasteiger partial charge in [0, 0.05) is 24.5 Å². The Labute approximate surface area is 219 Å². The summed E-state index contributed by atoms with van der Waals surface area (Å²) in [6, 6.07) is 15.7. The molecule has 7 nitrogen and oxygen atoms in total. The Bertz CT molecular complexity index is 1180. The Morgan fingerprint density at radius 3 is 2.70 bits per heavy atom. The van der Waals surface area contributed by atoms with Crippen molar-refractivity contribution in [1.82, 2.24) is 9.88 Å². The first-order valence-electron chi connectivity index (χ1n) is 13.1. The van der Waals surface area contributed by atoms with Crippen molar-refractivity contribution >= 4 is 16.9 Å². The number of benzene rings is 2. The van der Waals surface area contributed by atoms with Crippen molar-refractivity contribution in [3.63, 3.8) is 0 Å². The monoisotopic (exact) mass is 506 g/mol. The van der Waals surface area contributed by atoms with Crippen LogP contribution in [0.5, 0.6) is 11.5 Å². The molecule has 7 heteroatoms. The van der Waals surface area contributed by atoms with E-state index < -0.39 is 12.1 Å². The lowest BCUT2D eigenvalue weighted by Gasteiger charge is -2.38. The minimum atomic E-state index is -0.749. The fourth-order valence-corrected chi connectivity index (χ4v) is 5.62. The maximum absolute atomic E-state index is 11.6. The van der Waals surface area contributed by atoms with E-state index in [0.29, 0.717) is 6.42 Å². The number of aliphatic carboxylic acids is 1. The number of hydrogen-bond donors (Lipinski definition) is 2. The van der Waals surface area contributed by atoms with Gasteiger partial charge in [0.25, 0.3) is 0 Å². The van der Waals surface area contributed by atoms with Crippen molar-refractivity contribution in [2.75, 3.05) is 33.9 Å². The quantitative estimate of drug-likeness (QED) is 0.353. The molecule has 0 radical (unpaired) electrons. The number of fused-ring (bicyclic) bond motifs is 1. The van der Waals surface area contributed by atoms with Gasteiger partial charge in [-0.15, -0.1) is 0 Å². The van der Waals surface area contributed by atoms with Crippen LogP contribution in [0.2, 0.25) is 0 Å². The topological polar surface area (TPSA) is 92.1 Å². The van der Waals surface area contributed by atoms with Gasteiger partial charge in [0.15, 0.2) is 0 Å². The highest BCUT2D eigenvalue weighted by Crippen LogP contribution is 2.35. The van der Waals surface area contributed by atoms with Crippen LogP contribution in [0.15, 0.2) is 54.7 Å². The van der Waals surface area contributed by atoms with Crippen molar-refractivity contribution in [1.29, 1.82) is 0 Å². The van der Waals surface area contributed by atoms with Crippen LogP contribution >= 0.6 is 0 Å². The molecule has 0 aliphatic carbocycles. The molecule has 0 unspecified atom stereocenters. The largest absolute Gasteiger partial charge is 0.497 e. The number of methoxy groups -OCH3 is 2. The SMILES string of the molecule is COc1cccc(CCCN2CC[C@@H](CC[C@@H](O)c3ccnc4ccc(OC)cc34)[C@@H](CC(=O)O)C2)c1. The molecule has 4 rings (SSSR count). The molecule has 3 atom stereocenters. The van der Waals surface area contributed by atoms with Gasteiger partial charge in [-0.3, -0.25) is 9.78 Å². The first kappa shape index (κ1) is 26.9. The molecule has 37 heavy (non-hydrogen) atoms. The zero-order valence-electron chi connectivity index (χ0n) is 21.8. The van der Waals surface area contributed by atoms with E-state index in [9.17, 15) is 15.0 Å². The predicted molar refractivity (Wildman–Crippen MR) is 144 cm³/mol. The van der Waals surface area contributed by atoms with Crippen LogP contribution in [-0.2, 0) is 11.2 Å². The van der Waals surface area contributed by atoms with Crippen molar-refractivity contribution in [2.24, 2.45) is 11.8 Å². The number of ether oxygens (including phenoxy) is 2. The summed E-state index contributed by atoms with van der Waals surface area (Å²) >= 11 is 0. The summed E-state index contributed by atoms with van der Waals surface area (Å²) in [5.41, 5.74) is 2.92. The molecule has 1 saturated heterocycles. The standard InChI is InChI=1S/C30H38N2O5/c1-36-24-7-3-5-21(17-24)6-4-15-32-16-13-22(23(20-32)18-30(34)35)8-11-29(33)26-12-14-31-28-10-9-25(37-2)19-27(26)28/h3,5,7,9-10,12,14,17,19,22-23,29,33H,4,6,8,11,13,15-16,18,20H2,1-2H3,(H,34,35)/t22-,23+,29-/m1/s1. The van der Waals surface area contributed by atoms with Crippen LogP contribution in [0.1, 0.15) is 49.3 Å². The summed E-state index contributed by atoms with van der Waals surface area (Å²) in [6.07, 6.45) is 5.59. The number of aromatic nitrogens is 1. The van der Waals surface area contributed by atoms with Gasteiger partial charge in [-0.1, -0.05) is 12.1 Å². The van der Waals surface area contributed by atoms with Crippen LogP contribution in [-0.4, -0.2) is 59.9 Å². The zero-order valence-corrected chi connectivity index (χ0v) is 21.8. The van der Waals surface area contributed by atoms with E-state index in [1.54, 1.807) is 20.4 Å². The maximum Gasteiger partial charge on any atom is 0.303 e. The molecule has 1 aromatic heterocycles. The van der Waals surface area contributed by atoms with E-state index in [1.165, 1.54) is 5.56 Å². The third-order valence-electron chi connectivity index (χ3n) is 7.64. The Kier molecular flexibility index (Phi) is 9.36. The number of aliphatic hydroxyl groups is 1. The number of pyridine rings is 1. The fourth-order valence-electron chi connectivity index (χ4n) is 5.62. The molecule has 0 spiro atoms. The molecule has 1 aliphatic rings. The summed E-state index contributed by atoms with van der Waals surface area (Å²) < 4.78 is 10.7. The van der Waals surface area contributed by atoms with E-state index in [0.717, 1.165) is 73.3 Å². The van der Waals surface area contributed by atoms with Gasteiger partial charge in [-0.25, -0.2) is 0 Å². The van der Waals surface area contributed by atoms with Crippen LogP contribution < -0.4 is 9.47 Å². The summed E-state index contributed by atoms with van der Waals surface area (Å²) in [5.74, 6) is 1.23. The fraction of sp³-hybridized carbons (Fsp3) is 0.467. The number of hydrogen-bond acceptors (Lipinski definition) is 6. The average Bonchev–Trinajstić information content (AvgIpc) is 2.91. The number of nitrogens with zero attached hydrogens (tertiary/aromatic N) is 2. The second kappa shape index (κ2) is 12.9. The molecule has 2 heterocycles. The molecule has 198 valence electrons. The molecule has 0 saturated carbocycles. The van der Waals surface area contributed by atoms with Crippen LogP contribution in [0, 0.1) is 11.8 Å². The Morgan fingerprint density at radius 2 is 1.92 bits per heavy atom. The minimum Gasteiger partial charge on any atom is -0.497 e. The number of carboxylic acids is 1. The van der Waals surface area contributed by atoms with Gasteiger partial charge in [-0.05, 0) is 105 Å². The van der Waals surface area contributed by atoms with Crippen LogP contribution in [0.25, 0.3) is 10.9 Å². The van der Waals surface area contributed by atoms with E-state index in [4.69, 9.17) is 9.47 Å². The van der Waals surface area contributed by atoms with E-state index in [1.807, 2.05) is 36.4 Å². The lowest BCUT2D eigenvalue weighted by molar-refractivity contribution is -0.139. The lowest BCUT2D eigenvalue weighted by Crippen LogP contribution is -2.42. The minimum absolute atomic E-state index is 0.0875. The first-order chi connectivity index (χ1) is 18.0. The van der Waals surface area contributed by atoms with Crippen molar-refractivity contribution in [3.8, 4) is 11.5 Å². The van der Waals surface area contributed by atoms with E-state index in [2.05, 4.69) is 22.0 Å². The Hall–Kier alpha value is -3.16. The smallest absolute Gasteiger partial charge is 0.303 e.